The molecule has 8 heteroatoms. The first-order valence-corrected chi connectivity index (χ1v) is 7.87. The number of aromatic nitrogens is 3. The molecule has 1 saturated heterocycles. The van der Waals surface area contributed by atoms with Crippen molar-refractivity contribution in [1.82, 2.24) is 19.7 Å². The fourth-order valence-electron chi connectivity index (χ4n) is 2.38. The average molecular weight is 319 g/mol. The van der Waals surface area contributed by atoms with Crippen molar-refractivity contribution >= 4 is 22.4 Å². The molecule has 0 spiro atoms. The first kappa shape index (κ1) is 14.7. The van der Waals surface area contributed by atoms with E-state index in [4.69, 9.17) is 0 Å². The molecular weight excluding hydrogens is 302 g/mol. The number of pyridine rings is 1. The van der Waals surface area contributed by atoms with Gasteiger partial charge in [0.1, 0.15) is 5.01 Å². The van der Waals surface area contributed by atoms with Crippen LogP contribution < -0.4 is 10.5 Å². The van der Waals surface area contributed by atoms with Gasteiger partial charge in [-0.25, -0.2) is 0 Å². The van der Waals surface area contributed by atoms with Gasteiger partial charge in [-0.3, -0.25) is 9.59 Å². The molecule has 1 amide bonds. The minimum atomic E-state index is -0.172. The molecule has 1 fully saturated rings. The molecule has 22 heavy (non-hydrogen) atoms. The summed E-state index contributed by atoms with van der Waals surface area (Å²) in [6, 6.07) is 3.08. The Hall–Kier alpha value is -2.22. The highest BCUT2D eigenvalue weighted by Gasteiger charge is 2.24. The highest BCUT2D eigenvalue weighted by Crippen LogP contribution is 2.21. The van der Waals surface area contributed by atoms with Crippen molar-refractivity contribution in [2.24, 2.45) is 7.05 Å². The Morgan fingerprint density at radius 1 is 1.23 bits per heavy atom. The SMILES string of the molecule is Cc1nnc(N2CCN(C(=O)c3ccn(C)c(=O)c3)CC2)s1. The Kier molecular flexibility index (Phi) is 3.93. The topological polar surface area (TPSA) is 71.3 Å². The van der Waals surface area contributed by atoms with Crippen LogP contribution in [0.2, 0.25) is 0 Å². The van der Waals surface area contributed by atoms with E-state index in [-0.39, 0.29) is 11.5 Å². The fraction of sp³-hybridized carbons (Fsp3) is 0.429. The number of carbonyl (C=O) groups excluding carboxylic acids is 1. The van der Waals surface area contributed by atoms with E-state index < -0.39 is 0 Å². The van der Waals surface area contributed by atoms with Crippen molar-refractivity contribution in [1.29, 1.82) is 0 Å². The van der Waals surface area contributed by atoms with Crippen LogP contribution >= 0.6 is 11.3 Å². The Bertz CT molecular complexity index is 746. The molecule has 7 nitrogen and oxygen atoms in total. The Balaban J connectivity index is 1.66. The van der Waals surface area contributed by atoms with E-state index >= 15 is 0 Å². The van der Waals surface area contributed by atoms with Crippen LogP contribution in [-0.2, 0) is 7.05 Å². The lowest BCUT2D eigenvalue weighted by Gasteiger charge is -2.34. The number of amides is 1. The van der Waals surface area contributed by atoms with Crippen molar-refractivity contribution < 1.29 is 4.79 Å². The number of aryl methyl sites for hydroxylation is 2. The predicted octanol–water partition coefficient (Wildman–Crippen LogP) is 0.508. The monoisotopic (exact) mass is 319 g/mol. The number of nitrogens with zero attached hydrogens (tertiary/aromatic N) is 5. The Labute approximate surface area is 131 Å². The highest BCUT2D eigenvalue weighted by atomic mass is 32.1. The molecule has 3 rings (SSSR count). The minimum absolute atomic E-state index is 0.0919. The second kappa shape index (κ2) is 5.88. The lowest BCUT2D eigenvalue weighted by molar-refractivity contribution is 0.0746. The first-order chi connectivity index (χ1) is 10.5. The first-order valence-electron chi connectivity index (χ1n) is 7.05. The van der Waals surface area contributed by atoms with E-state index in [1.54, 1.807) is 35.5 Å². The van der Waals surface area contributed by atoms with Crippen LogP contribution in [0, 0.1) is 6.92 Å². The molecule has 2 aromatic rings. The summed E-state index contributed by atoms with van der Waals surface area (Å²) in [5, 5.41) is 10.00. The summed E-state index contributed by atoms with van der Waals surface area (Å²) in [5.74, 6) is -0.0919. The van der Waals surface area contributed by atoms with Crippen LogP contribution in [0.5, 0.6) is 0 Å². The maximum absolute atomic E-state index is 12.4. The number of anilines is 1. The molecule has 3 heterocycles. The van der Waals surface area contributed by atoms with E-state index in [0.29, 0.717) is 18.7 Å². The third-order valence-electron chi connectivity index (χ3n) is 3.70. The summed E-state index contributed by atoms with van der Waals surface area (Å²) in [6.07, 6.45) is 1.62. The van der Waals surface area contributed by atoms with Crippen LogP contribution in [0.25, 0.3) is 0 Å². The van der Waals surface area contributed by atoms with Gasteiger partial charge in [-0.2, -0.15) is 0 Å². The van der Waals surface area contributed by atoms with E-state index in [2.05, 4.69) is 15.1 Å². The molecule has 1 aliphatic heterocycles. The van der Waals surface area contributed by atoms with Gasteiger partial charge in [0.15, 0.2) is 0 Å². The highest BCUT2D eigenvalue weighted by molar-refractivity contribution is 7.15. The van der Waals surface area contributed by atoms with E-state index in [9.17, 15) is 9.59 Å². The molecule has 0 aliphatic carbocycles. The molecular formula is C14H17N5O2S. The molecule has 0 N–H and O–H groups in total. The van der Waals surface area contributed by atoms with Crippen molar-refractivity contribution in [2.45, 2.75) is 6.92 Å². The second-order valence-corrected chi connectivity index (χ2v) is 6.41. The second-order valence-electron chi connectivity index (χ2n) is 5.25. The number of hydrogen-bond donors (Lipinski definition) is 0. The summed E-state index contributed by atoms with van der Waals surface area (Å²) >= 11 is 1.56. The molecule has 116 valence electrons. The molecule has 0 atom stereocenters. The van der Waals surface area contributed by atoms with Crippen LogP contribution in [0.15, 0.2) is 23.1 Å². The van der Waals surface area contributed by atoms with Gasteiger partial charge in [-0.15, -0.1) is 10.2 Å². The Morgan fingerprint density at radius 3 is 2.55 bits per heavy atom. The van der Waals surface area contributed by atoms with Gasteiger partial charge in [-0.1, -0.05) is 11.3 Å². The zero-order valence-electron chi connectivity index (χ0n) is 12.5. The van der Waals surface area contributed by atoms with Gasteiger partial charge in [0.25, 0.3) is 11.5 Å². The van der Waals surface area contributed by atoms with Gasteiger partial charge in [0, 0.05) is 51.1 Å². The normalized spacial score (nSPS) is 15.2. The number of hydrogen-bond acceptors (Lipinski definition) is 6. The number of rotatable bonds is 2. The summed E-state index contributed by atoms with van der Waals surface area (Å²) < 4.78 is 1.45. The van der Waals surface area contributed by atoms with Crippen LogP contribution in [0.4, 0.5) is 5.13 Å². The number of carbonyl (C=O) groups is 1. The molecule has 0 aromatic carbocycles. The number of piperazine rings is 1. The zero-order valence-corrected chi connectivity index (χ0v) is 13.3. The quantitative estimate of drug-likeness (QED) is 0.806. The van der Waals surface area contributed by atoms with Gasteiger partial charge in [-0.05, 0) is 13.0 Å². The molecule has 1 aliphatic rings. The van der Waals surface area contributed by atoms with Gasteiger partial charge < -0.3 is 14.4 Å². The molecule has 0 bridgehead atoms. The van der Waals surface area contributed by atoms with Gasteiger partial charge in [0.05, 0.1) is 0 Å². The maximum atomic E-state index is 12.4. The summed E-state index contributed by atoms with van der Waals surface area (Å²) in [6.45, 7) is 4.62. The van der Waals surface area contributed by atoms with Crippen molar-refractivity contribution in [2.75, 3.05) is 31.1 Å². The maximum Gasteiger partial charge on any atom is 0.254 e. The van der Waals surface area contributed by atoms with Crippen molar-refractivity contribution in [3.63, 3.8) is 0 Å². The zero-order chi connectivity index (χ0) is 15.7. The summed E-state index contributed by atoms with van der Waals surface area (Å²) in [5.41, 5.74) is 0.275. The lowest BCUT2D eigenvalue weighted by Crippen LogP contribution is -2.49. The van der Waals surface area contributed by atoms with E-state index in [1.807, 2.05) is 6.92 Å². The summed E-state index contributed by atoms with van der Waals surface area (Å²) in [7, 11) is 1.67. The average Bonchev–Trinajstić information content (AvgIpc) is 2.96. The van der Waals surface area contributed by atoms with Crippen LogP contribution in [0.3, 0.4) is 0 Å². The molecule has 2 aromatic heterocycles. The van der Waals surface area contributed by atoms with Gasteiger partial charge >= 0.3 is 0 Å². The third kappa shape index (κ3) is 2.87. The van der Waals surface area contributed by atoms with Crippen molar-refractivity contribution in [3.8, 4) is 0 Å². The van der Waals surface area contributed by atoms with Gasteiger partial charge in [0.2, 0.25) is 5.13 Å². The van der Waals surface area contributed by atoms with Crippen molar-refractivity contribution in [3.05, 3.63) is 39.3 Å². The molecule has 0 saturated carbocycles. The lowest BCUT2D eigenvalue weighted by atomic mass is 10.2. The van der Waals surface area contributed by atoms with Crippen LogP contribution in [-0.4, -0.2) is 51.8 Å². The fourth-order valence-corrected chi connectivity index (χ4v) is 3.12. The van der Waals surface area contributed by atoms with E-state index in [0.717, 1.165) is 23.2 Å². The largest absolute Gasteiger partial charge is 0.343 e. The standard InChI is InChI=1S/C14H17N5O2S/c1-10-15-16-14(22-10)19-7-5-18(6-8-19)13(21)11-3-4-17(2)12(20)9-11/h3-4,9H,5-8H2,1-2H3. The minimum Gasteiger partial charge on any atom is -0.343 e. The molecule has 0 radical (unpaired) electrons. The summed E-state index contributed by atoms with van der Waals surface area (Å²) in [4.78, 5) is 28.0. The van der Waals surface area contributed by atoms with E-state index in [1.165, 1.54) is 10.6 Å². The Morgan fingerprint density at radius 2 is 1.95 bits per heavy atom. The predicted molar refractivity (Wildman–Crippen MR) is 84.4 cm³/mol. The van der Waals surface area contributed by atoms with Crippen LogP contribution in [0.1, 0.15) is 15.4 Å². The third-order valence-corrected chi connectivity index (χ3v) is 4.60. The smallest absolute Gasteiger partial charge is 0.254 e. The molecule has 0 unspecified atom stereocenters.